The third-order valence-electron chi connectivity index (χ3n) is 0.843. The SMILES string of the molecule is CN(C)C=O.CN(C)C=O.CN(C)C=O.CN(C)C=O.[C-]#[O+].[C-]#[O+].[C-]#[O+].[C-]#[O+].[C-]#[O+].[C-]#[O+].[C-]#[O+].[C-]#[O+].[C-]#[O+].[C-]#[O+].[C-]#[O+].[C-]#[O+].[C-]#[O+].[C-]#[O+].[C-]#[O+].[C-]#[O+].[C-]#[O+].[C-]#[O+].[C-]#[O+].[C-]#[O+].[C-]#[O+].[C-]#[O+].[Fe].[Fe].[Fe].[Fe].[Fe].[Fe].[Fe]. The van der Waals surface area contributed by atoms with Crippen LogP contribution in [-0.4, -0.2) is 102 Å². The van der Waals surface area contributed by atoms with Gasteiger partial charge in [0.05, 0.1) is 0 Å². The summed E-state index contributed by atoms with van der Waals surface area (Å²) in [5.74, 6) is 0. The number of hydrogen-bond acceptors (Lipinski definition) is 4. The van der Waals surface area contributed by atoms with E-state index >= 15 is 0 Å². The summed E-state index contributed by atoms with van der Waals surface area (Å²) in [5, 5.41) is 0. The summed E-state index contributed by atoms with van der Waals surface area (Å²) in [4.78, 5) is 43.5. The summed E-state index contributed by atoms with van der Waals surface area (Å²) in [7, 11) is 13.5. The summed E-state index contributed by atoms with van der Waals surface area (Å²) >= 11 is 0. The van der Waals surface area contributed by atoms with Gasteiger partial charge in [-0.25, -0.2) is 0 Å². The van der Waals surface area contributed by atoms with Crippen LogP contribution in [0.2, 0.25) is 0 Å². The van der Waals surface area contributed by atoms with Crippen molar-refractivity contribution in [3.8, 4) is 0 Å². The summed E-state index contributed by atoms with van der Waals surface area (Å²) in [6.45, 7) is 99.0. The van der Waals surface area contributed by atoms with Gasteiger partial charge in [0.25, 0.3) is 0 Å². The predicted octanol–water partition coefficient (Wildman–Crippen LogP) is -2.03. The molecule has 0 atom stereocenters. The molecule has 396 valence electrons. The zero-order valence-corrected chi connectivity index (χ0v) is 43.9. The van der Waals surface area contributed by atoms with E-state index in [1.807, 2.05) is 0 Å². The van der Waals surface area contributed by atoms with Crippen LogP contribution in [0.15, 0.2) is 0 Å². The van der Waals surface area contributed by atoms with Crippen LogP contribution >= 0.6 is 0 Å². The van der Waals surface area contributed by atoms with E-state index in [9.17, 15) is 19.2 Å². The Labute approximate surface area is 485 Å². The van der Waals surface area contributed by atoms with Gasteiger partial charge >= 0.3 is 249 Å². The second-order valence-corrected chi connectivity index (χ2v) is 4.28. The van der Waals surface area contributed by atoms with Gasteiger partial charge in [0, 0.05) is 176 Å². The third kappa shape index (κ3) is 18600. The van der Waals surface area contributed by atoms with Crippen LogP contribution in [0, 0.1) is 146 Å². The Morgan fingerprint density at radius 3 is 0.183 bits per heavy atom. The molecule has 30 nitrogen and oxygen atoms in total. The van der Waals surface area contributed by atoms with E-state index in [4.69, 9.17) is 102 Å². The number of amides is 4. The normalized spacial score (nSPS) is 2.54. The molecule has 0 fully saturated rings. The molecular formula is C34H28Fe7N4O26. The molecule has 0 aliphatic heterocycles. The topological polar surface area (TPSA) is 519 Å². The summed E-state index contributed by atoms with van der Waals surface area (Å²) in [6.07, 6.45) is 3.00. The molecule has 37 heteroatoms. The largest absolute Gasteiger partial charge is 0 e. The van der Waals surface area contributed by atoms with Gasteiger partial charge in [-0.1, -0.05) is 0 Å². The molecule has 0 aliphatic carbocycles. The van der Waals surface area contributed by atoms with Gasteiger partial charge in [-0.15, -0.1) is 0 Å². The van der Waals surface area contributed by atoms with Crippen molar-refractivity contribution in [2.24, 2.45) is 0 Å². The van der Waals surface area contributed by atoms with Crippen molar-refractivity contribution in [2.75, 3.05) is 56.4 Å². The molecule has 0 N–H and O–H groups in total. The fourth-order valence-corrected chi connectivity index (χ4v) is 0. The van der Waals surface area contributed by atoms with Crippen LogP contribution in [0.25, 0.3) is 0 Å². The van der Waals surface area contributed by atoms with Crippen LogP contribution in [0.3, 0.4) is 0 Å². The first-order valence-corrected chi connectivity index (χ1v) is 10.0. The first kappa shape index (κ1) is 253. The van der Waals surface area contributed by atoms with Crippen LogP contribution in [0.4, 0.5) is 0 Å². The molecule has 0 aromatic rings. The molecule has 4 amide bonds. The molecule has 71 heavy (non-hydrogen) atoms. The van der Waals surface area contributed by atoms with Gasteiger partial charge in [-0.05, 0) is 0 Å². The molecule has 0 unspecified atom stereocenters. The molecule has 0 heterocycles. The molecule has 0 rings (SSSR count). The second kappa shape index (κ2) is 1990. The standard InChI is InChI=1S/4C3H7NO.22CO.7Fe/c4*1-4(2)3-5;22*1-2;;;;;;;/h4*3H,1-2H3;;;;;;;;;;;;;;;;;;;;;;;;;;;;;. The molecule has 0 saturated carbocycles. The van der Waals surface area contributed by atoms with E-state index in [0.717, 1.165) is 25.6 Å². The maximum atomic E-state index is 9.43. The quantitative estimate of drug-likeness (QED) is 0.133. The van der Waals surface area contributed by atoms with Crippen LogP contribution in [-0.2, 0) is 241 Å². The molecule has 0 aromatic heterocycles. The summed E-state index contributed by atoms with van der Waals surface area (Å²) < 4.78 is 165. The minimum absolute atomic E-state index is 0. The Morgan fingerprint density at radius 1 is 0.169 bits per heavy atom. The molecule has 0 aromatic carbocycles. The van der Waals surface area contributed by atoms with Gasteiger partial charge in [0.15, 0.2) is 0 Å². The average Bonchev–Trinajstić information content (AvgIpc) is 3.46. The van der Waals surface area contributed by atoms with Crippen molar-refractivity contribution in [3.63, 3.8) is 0 Å². The van der Waals surface area contributed by atoms with Crippen LogP contribution in [0.5, 0.6) is 0 Å². The van der Waals surface area contributed by atoms with Gasteiger partial charge in [-0.3, -0.25) is 19.2 Å². The van der Waals surface area contributed by atoms with E-state index in [2.05, 4.69) is 146 Å². The summed E-state index contributed by atoms with van der Waals surface area (Å²) in [5.41, 5.74) is 0. The number of hydrogen-bond donors (Lipinski definition) is 0. The number of carbonyl (C=O) groups excluding carboxylic acids is 4. The van der Waals surface area contributed by atoms with E-state index < -0.39 is 0 Å². The van der Waals surface area contributed by atoms with Crippen molar-refractivity contribution in [1.82, 2.24) is 19.6 Å². The average molecular weight is 1300 g/mol. The van der Waals surface area contributed by atoms with Gasteiger partial charge < -0.3 is 19.6 Å². The molecule has 0 radical (unpaired) electrons. The van der Waals surface area contributed by atoms with Gasteiger partial charge in [0.2, 0.25) is 25.6 Å². The first-order chi connectivity index (χ1) is 31.1. The van der Waals surface area contributed by atoms with Crippen LogP contribution < -0.4 is 0 Å². The van der Waals surface area contributed by atoms with Crippen molar-refractivity contribution in [2.45, 2.75) is 0 Å². The van der Waals surface area contributed by atoms with E-state index in [1.54, 1.807) is 56.4 Å². The van der Waals surface area contributed by atoms with Gasteiger partial charge in [0.1, 0.15) is 0 Å². The van der Waals surface area contributed by atoms with E-state index in [-0.39, 0.29) is 119 Å². The Bertz CT molecular complexity index is 819. The zero-order chi connectivity index (χ0) is 61.1. The third-order valence-corrected chi connectivity index (χ3v) is 0.843. The second-order valence-electron chi connectivity index (χ2n) is 4.28. The zero-order valence-electron chi connectivity index (χ0n) is 36.2. The van der Waals surface area contributed by atoms with Crippen molar-refractivity contribution in [3.05, 3.63) is 146 Å². The molecule has 0 saturated heterocycles. The fourth-order valence-electron chi connectivity index (χ4n) is 0. The minimum Gasteiger partial charge on any atom is 0 e. The monoisotopic (exact) mass is 1300 g/mol. The number of rotatable bonds is 4. The van der Waals surface area contributed by atoms with Crippen molar-refractivity contribution in [1.29, 1.82) is 0 Å². The molecular weight excluding hydrogens is 1270 g/mol. The Morgan fingerprint density at radius 2 is 0.183 bits per heavy atom. The maximum Gasteiger partial charge on any atom is 0 e. The number of carbonyl (C=O) groups is 4. The van der Waals surface area contributed by atoms with Gasteiger partial charge in [-0.2, -0.15) is 0 Å². The van der Waals surface area contributed by atoms with Crippen molar-refractivity contribution >= 4 is 25.6 Å². The predicted molar refractivity (Wildman–Crippen MR) is 165 cm³/mol. The van der Waals surface area contributed by atoms with Crippen molar-refractivity contribution < 1.29 is 241 Å². The number of nitrogens with zero attached hydrogens (tertiary/aromatic N) is 4. The Kier molecular flexibility index (Phi) is 7080. The smallest absolute Gasteiger partial charge is 0 e. The van der Waals surface area contributed by atoms with Crippen LogP contribution in [0.1, 0.15) is 0 Å². The first-order valence-electron chi connectivity index (χ1n) is 10.0. The summed E-state index contributed by atoms with van der Waals surface area (Å²) in [6, 6.07) is 0. The molecule has 0 aliphatic rings. The maximum absolute atomic E-state index is 9.43. The van der Waals surface area contributed by atoms with E-state index in [0.29, 0.717) is 0 Å². The Balaban J connectivity index is -0.00000000688. The molecule has 0 bridgehead atoms. The fraction of sp³-hybridized carbons (Fsp3) is 0.235. The Hall–Kier alpha value is -4.20. The minimum atomic E-state index is 0. The molecule has 0 spiro atoms. The van der Waals surface area contributed by atoms with E-state index in [1.165, 1.54) is 19.6 Å².